The fourth-order valence-electron chi connectivity index (χ4n) is 9.36. The molecule has 0 aliphatic heterocycles. The van der Waals surface area contributed by atoms with Crippen molar-refractivity contribution in [2.24, 2.45) is 0 Å². The number of para-hydroxylation sites is 1. The van der Waals surface area contributed by atoms with Crippen molar-refractivity contribution in [1.29, 1.82) is 0 Å². The van der Waals surface area contributed by atoms with Crippen molar-refractivity contribution >= 4 is 28.4 Å². The first-order chi connectivity index (χ1) is 30.2. The van der Waals surface area contributed by atoms with Gasteiger partial charge in [-0.05, 0) is 162 Å². The maximum Gasteiger partial charge on any atom is 0.0543 e. The Labute approximate surface area is 367 Å². The van der Waals surface area contributed by atoms with Crippen LogP contribution < -0.4 is 10.2 Å². The second-order valence-corrected chi connectivity index (χ2v) is 16.6. The Bertz CT molecular complexity index is 2840. The average Bonchev–Trinajstić information content (AvgIpc) is 3.27. The van der Waals surface area contributed by atoms with Crippen LogP contribution in [-0.4, -0.2) is 0 Å². The standard InChI is InChI=1S/C60H52N2/c1-40-19-13-20-41(2)57(40)48-29-16-31-52(36-48)62(53-32-17-30-49(37-53)58-42(3)21-14-22-43(58)4)54-38-50(59-44(5)23-15-24-45(59)6)35-51(39-54)61-60-55(46-25-9-7-10-26-46)33-18-34-56(60)47-27-11-8-12-28-47/h7-39,61H,1-6H3. The lowest BCUT2D eigenvalue weighted by atomic mass is 9.93. The summed E-state index contributed by atoms with van der Waals surface area (Å²) in [7, 11) is 0. The van der Waals surface area contributed by atoms with Crippen LogP contribution in [0.1, 0.15) is 33.4 Å². The second-order valence-electron chi connectivity index (χ2n) is 16.6. The first kappa shape index (κ1) is 40.0. The zero-order chi connectivity index (χ0) is 42.7. The van der Waals surface area contributed by atoms with E-state index in [1.54, 1.807) is 0 Å². The highest BCUT2D eigenvalue weighted by Gasteiger charge is 2.21. The molecular formula is C60H52N2. The number of nitrogens with one attached hydrogen (secondary N) is 1. The predicted molar refractivity (Wildman–Crippen MR) is 266 cm³/mol. The number of benzene rings is 9. The number of rotatable bonds is 10. The summed E-state index contributed by atoms with van der Waals surface area (Å²) in [5, 5.41) is 4.06. The van der Waals surface area contributed by atoms with Crippen LogP contribution >= 0.6 is 0 Å². The molecule has 9 rings (SSSR count). The minimum atomic E-state index is 1.00. The van der Waals surface area contributed by atoms with E-state index in [2.05, 4.69) is 252 Å². The molecule has 0 bridgehead atoms. The minimum Gasteiger partial charge on any atom is -0.354 e. The third-order valence-electron chi connectivity index (χ3n) is 12.2. The lowest BCUT2D eigenvalue weighted by Crippen LogP contribution is -2.11. The molecule has 0 saturated heterocycles. The Kier molecular flexibility index (Phi) is 11.2. The van der Waals surface area contributed by atoms with E-state index in [-0.39, 0.29) is 0 Å². The van der Waals surface area contributed by atoms with Crippen molar-refractivity contribution in [2.75, 3.05) is 10.2 Å². The summed E-state index contributed by atoms with van der Waals surface area (Å²) in [4.78, 5) is 2.44. The Morgan fingerprint density at radius 2 is 0.645 bits per heavy atom. The van der Waals surface area contributed by atoms with Gasteiger partial charge in [0.1, 0.15) is 0 Å². The van der Waals surface area contributed by atoms with Crippen molar-refractivity contribution in [2.45, 2.75) is 41.5 Å². The van der Waals surface area contributed by atoms with Crippen LogP contribution in [0, 0.1) is 41.5 Å². The number of nitrogens with zero attached hydrogens (tertiary/aromatic N) is 1. The van der Waals surface area contributed by atoms with E-state index in [4.69, 9.17) is 0 Å². The molecule has 302 valence electrons. The summed E-state index contributed by atoms with van der Waals surface area (Å²) in [6.07, 6.45) is 0. The van der Waals surface area contributed by atoms with Gasteiger partial charge in [0.15, 0.2) is 0 Å². The van der Waals surface area contributed by atoms with Crippen LogP contribution in [0.25, 0.3) is 55.6 Å². The highest BCUT2D eigenvalue weighted by atomic mass is 15.1. The maximum absolute atomic E-state index is 4.06. The fraction of sp³-hybridized carbons (Fsp3) is 0.100. The van der Waals surface area contributed by atoms with E-state index in [0.29, 0.717) is 0 Å². The molecule has 0 atom stereocenters. The molecule has 0 spiro atoms. The number of hydrogen-bond donors (Lipinski definition) is 1. The summed E-state index contributed by atoms with van der Waals surface area (Å²) in [5.74, 6) is 0. The monoisotopic (exact) mass is 800 g/mol. The third kappa shape index (κ3) is 7.96. The molecule has 0 aromatic heterocycles. The molecule has 9 aromatic carbocycles. The minimum absolute atomic E-state index is 1.00. The highest BCUT2D eigenvalue weighted by Crippen LogP contribution is 2.45. The van der Waals surface area contributed by atoms with Crippen molar-refractivity contribution in [3.05, 3.63) is 234 Å². The van der Waals surface area contributed by atoms with Gasteiger partial charge < -0.3 is 10.2 Å². The number of aryl methyl sites for hydroxylation is 6. The van der Waals surface area contributed by atoms with E-state index in [0.717, 1.165) is 56.3 Å². The SMILES string of the molecule is Cc1cccc(C)c1-c1cccc(N(c2cccc(-c3c(C)cccc3C)c2)c2cc(Nc3c(-c4ccccc4)cccc3-c3ccccc3)cc(-c3c(C)cccc3C)c2)c1. The highest BCUT2D eigenvalue weighted by molar-refractivity contribution is 5.95. The molecular weight excluding hydrogens is 749 g/mol. The van der Waals surface area contributed by atoms with Crippen LogP contribution in [-0.2, 0) is 0 Å². The predicted octanol–water partition coefficient (Wildman–Crippen LogP) is 17.1. The molecule has 62 heavy (non-hydrogen) atoms. The van der Waals surface area contributed by atoms with Gasteiger partial charge in [0.05, 0.1) is 5.69 Å². The van der Waals surface area contributed by atoms with Gasteiger partial charge in [-0.2, -0.15) is 0 Å². The van der Waals surface area contributed by atoms with Crippen LogP contribution in [0.2, 0.25) is 0 Å². The molecule has 0 heterocycles. The molecule has 2 heteroatoms. The number of hydrogen-bond acceptors (Lipinski definition) is 2. The first-order valence-electron chi connectivity index (χ1n) is 21.6. The molecule has 9 aromatic rings. The molecule has 0 aliphatic carbocycles. The molecule has 0 aliphatic rings. The molecule has 0 unspecified atom stereocenters. The van der Waals surface area contributed by atoms with E-state index in [1.165, 1.54) is 61.2 Å². The van der Waals surface area contributed by atoms with Gasteiger partial charge in [-0.25, -0.2) is 0 Å². The van der Waals surface area contributed by atoms with Crippen molar-refractivity contribution in [3.63, 3.8) is 0 Å². The molecule has 2 nitrogen and oxygen atoms in total. The average molecular weight is 801 g/mol. The Balaban J connectivity index is 1.31. The van der Waals surface area contributed by atoms with Crippen LogP contribution in [0.4, 0.5) is 28.4 Å². The lowest BCUT2D eigenvalue weighted by Gasteiger charge is -2.29. The Hall–Kier alpha value is -7.42. The maximum atomic E-state index is 4.06. The number of anilines is 5. The Morgan fingerprint density at radius 1 is 0.290 bits per heavy atom. The van der Waals surface area contributed by atoms with Gasteiger partial charge in [0.2, 0.25) is 0 Å². The molecule has 1 N–H and O–H groups in total. The van der Waals surface area contributed by atoms with Gasteiger partial charge in [-0.1, -0.05) is 158 Å². The van der Waals surface area contributed by atoms with Crippen LogP contribution in [0.15, 0.2) is 200 Å². The third-order valence-corrected chi connectivity index (χ3v) is 12.2. The van der Waals surface area contributed by atoms with Gasteiger partial charge in [0.25, 0.3) is 0 Å². The van der Waals surface area contributed by atoms with E-state index in [1.807, 2.05) is 0 Å². The Morgan fingerprint density at radius 3 is 1.08 bits per heavy atom. The summed E-state index contributed by atoms with van der Waals surface area (Å²) >= 11 is 0. The first-order valence-corrected chi connectivity index (χ1v) is 21.6. The van der Waals surface area contributed by atoms with Gasteiger partial charge in [-0.15, -0.1) is 0 Å². The quantitative estimate of drug-likeness (QED) is 0.148. The zero-order valence-corrected chi connectivity index (χ0v) is 36.5. The smallest absolute Gasteiger partial charge is 0.0543 e. The molecule has 0 saturated carbocycles. The van der Waals surface area contributed by atoms with E-state index >= 15 is 0 Å². The van der Waals surface area contributed by atoms with Gasteiger partial charge in [-0.3, -0.25) is 0 Å². The normalized spacial score (nSPS) is 11.1. The van der Waals surface area contributed by atoms with E-state index < -0.39 is 0 Å². The van der Waals surface area contributed by atoms with Crippen molar-refractivity contribution in [1.82, 2.24) is 0 Å². The fourth-order valence-corrected chi connectivity index (χ4v) is 9.36. The molecule has 0 fully saturated rings. The molecule has 0 amide bonds. The van der Waals surface area contributed by atoms with Gasteiger partial charge >= 0.3 is 0 Å². The molecule has 0 radical (unpaired) electrons. The van der Waals surface area contributed by atoms with Crippen molar-refractivity contribution < 1.29 is 0 Å². The van der Waals surface area contributed by atoms with Crippen molar-refractivity contribution in [3.8, 4) is 55.6 Å². The largest absolute Gasteiger partial charge is 0.354 e. The van der Waals surface area contributed by atoms with Gasteiger partial charge in [0, 0.05) is 33.9 Å². The summed E-state index contributed by atoms with van der Waals surface area (Å²) < 4.78 is 0. The zero-order valence-electron chi connectivity index (χ0n) is 36.5. The second kappa shape index (κ2) is 17.3. The van der Waals surface area contributed by atoms with Crippen LogP contribution in [0.3, 0.4) is 0 Å². The van der Waals surface area contributed by atoms with Crippen LogP contribution in [0.5, 0.6) is 0 Å². The lowest BCUT2D eigenvalue weighted by molar-refractivity contribution is 1.27. The topological polar surface area (TPSA) is 15.3 Å². The summed E-state index contributed by atoms with van der Waals surface area (Å²) in [5.41, 5.74) is 24.8. The summed E-state index contributed by atoms with van der Waals surface area (Å²) in [6.45, 7) is 13.3. The summed E-state index contributed by atoms with van der Waals surface area (Å²) in [6, 6.07) is 72.9. The van der Waals surface area contributed by atoms with E-state index in [9.17, 15) is 0 Å².